The number of aliphatic imine (C=N–C) groups is 2. The highest BCUT2D eigenvalue weighted by Gasteiger charge is 1.97. The smallest absolute Gasteiger partial charge is 0.0839 e. The fraction of sp³-hybridized carbons (Fsp3) is 0.333. The third kappa shape index (κ3) is 3.99. The molecule has 0 aromatic rings. The first kappa shape index (κ1) is 12.6. The van der Waals surface area contributed by atoms with Crippen molar-refractivity contribution in [3.05, 3.63) is 35.2 Å². The van der Waals surface area contributed by atoms with Crippen LogP contribution in [0, 0.1) is 0 Å². The number of nitrogens with zero attached hydrogens (tertiary/aromatic N) is 2. The van der Waals surface area contributed by atoms with E-state index in [4.69, 9.17) is 0 Å². The second-order valence-corrected chi connectivity index (χ2v) is 3.12. The highest BCUT2D eigenvalue weighted by Crippen LogP contribution is 2.14. The lowest BCUT2D eigenvalue weighted by Gasteiger charge is -2.01. The largest absolute Gasteiger partial charge is 0.267 e. The molecule has 0 N–H and O–H groups in total. The summed E-state index contributed by atoms with van der Waals surface area (Å²) in [4.78, 5) is 8.08. The molecule has 2 nitrogen and oxygen atoms in total. The van der Waals surface area contributed by atoms with Crippen molar-refractivity contribution in [3.8, 4) is 0 Å². The molecule has 0 atom stereocenters. The first-order valence-electron chi connectivity index (χ1n) is 4.53. The van der Waals surface area contributed by atoms with Gasteiger partial charge in [-0.25, -0.2) is 0 Å². The third-order valence-corrected chi connectivity index (χ3v) is 1.90. The molecule has 0 bridgehead atoms. The molecule has 0 aromatic carbocycles. The van der Waals surface area contributed by atoms with Gasteiger partial charge in [0, 0.05) is 6.21 Å². The van der Waals surface area contributed by atoms with Gasteiger partial charge in [0.15, 0.2) is 0 Å². The van der Waals surface area contributed by atoms with Crippen LogP contribution in [0.4, 0.5) is 0 Å². The second-order valence-electron chi connectivity index (χ2n) is 3.12. The van der Waals surface area contributed by atoms with Crippen LogP contribution in [0.1, 0.15) is 27.7 Å². The Kier molecular flexibility index (Phi) is 5.46. The zero-order valence-corrected chi connectivity index (χ0v) is 9.46. The number of hydrogen-bond acceptors (Lipinski definition) is 2. The molecule has 0 aliphatic rings. The van der Waals surface area contributed by atoms with E-state index in [0.29, 0.717) is 0 Å². The first-order chi connectivity index (χ1) is 6.52. The van der Waals surface area contributed by atoms with Crippen LogP contribution in [-0.4, -0.2) is 12.9 Å². The van der Waals surface area contributed by atoms with E-state index in [1.54, 1.807) is 6.21 Å². The zero-order valence-electron chi connectivity index (χ0n) is 9.46. The fourth-order valence-electron chi connectivity index (χ4n) is 0.783. The predicted octanol–water partition coefficient (Wildman–Crippen LogP) is 3.53. The molecule has 0 saturated carbocycles. The summed E-state index contributed by atoms with van der Waals surface area (Å²) in [5.74, 6) is 0. The Morgan fingerprint density at radius 1 is 1.21 bits per heavy atom. The average Bonchev–Trinajstić information content (AvgIpc) is 2.15. The van der Waals surface area contributed by atoms with E-state index in [2.05, 4.69) is 23.3 Å². The SMILES string of the molecule is C=N/C(C)=C(/C=C(/C)C(=C)C)N=CC. The van der Waals surface area contributed by atoms with Crippen LogP contribution in [0.2, 0.25) is 0 Å². The Balaban J connectivity index is 5.16. The van der Waals surface area contributed by atoms with E-state index in [-0.39, 0.29) is 0 Å². The Morgan fingerprint density at radius 2 is 1.79 bits per heavy atom. The summed E-state index contributed by atoms with van der Waals surface area (Å²) in [5.41, 5.74) is 3.80. The van der Waals surface area contributed by atoms with E-state index in [1.165, 1.54) is 0 Å². The van der Waals surface area contributed by atoms with E-state index < -0.39 is 0 Å². The van der Waals surface area contributed by atoms with Gasteiger partial charge in [0.2, 0.25) is 0 Å². The van der Waals surface area contributed by atoms with Crippen LogP contribution >= 0.6 is 0 Å². The Labute approximate surface area is 86.5 Å². The highest BCUT2D eigenvalue weighted by atomic mass is 14.8. The van der Waals surface area contributed by atoms with Gasteiger partial charge in [0.05, 0.1) is 11.4 Å². The molecule has 0 unspecified atom stereocenters. The molecular formula is C12H18N2. The molecule has 0 spiro atoms. The molecule has 0 aliphatic heterocycles. The summed E-state index contributed by atoms with van der Waals surface area (Å²) in [6.07, 6.45) is 3.71. The van der Waals surface area contributed by atoms with Gasteiger partial charge in [-0.1, -0.05) is 12.2 Å². The Bertz CT molecular complexity index is 317. The number of hydrogen-bond donors (Lipinski definition) is 0. The topological polar surface area (TPSA) is 24.7 Å². The van der Waals surface area contributed by atoms with E-state index in [1.807, 2.05) is 33.8 Å². The van der Waals surface area contributed by atoms with Gasteiger partial charge >= 0.3 is 0 Å². The highest BCUT2D eigenvalue weighted by molar-refractivity contribution is 5.57. The Morgan fingerprint density at radius 3 is 2.14 bits per heavy atom. The maximum Gasteiger partial charge on any atom is 0.0839 e. The minimum absolute atomic E-state index is 0.823. The van der Waals surface area contributed by atoms with Gasteiger partial charge in [-0.05, 0) is 46.1 Å². The van der Waals surface area contributed by atoms with Crippen molar-refractivity contribution >= 4 is 12.9 Å². The summed E-state index contributed by atoms with van der Waals surface area (Å²) >= 11 is 0. The summed E-state index contributed by atoms with van der Waals surface area (Å²) < 4.78 is 0. The monoisotopic (exact) mass is 190 g/mol. The third-order valence-electron chi connectivity index (χ3n) is 1.90. The average molecular weight is 190 g/mol. The van der Waals surface area contributed by atoms with Crippen molar-refractivity contribution in [1.29, 1.82) is 0 Å². The van der Waals surface area contributed by atoms with E-state index in [0.717, 1.165) is 22.5 Å². The predicted molar refractivity (Wildman–Crippen MR) is 65.0 cm³/mol. The lowest BCUT2D eigenvalue weighted by Crippen LogP contribution is -1.84. The molecule has 0 radical (unpaired) electrons. The lowest BCUT2D eigenvalue weighted by molar-refractivity contribution is 1.20. The van der Waals surface area contributed by atoms with Crippen molar-refractivity contribution in [2.75, 3.05) is 0 Å². The standard InChI is InChI=1S/C12H18N2/c1-7-14-12(11(5)13-6)8-10(4)9(2)3/h7-8H,2,6H2,1,3-5H3/b10-8-,12-11-,14-7?. The minimum atomic E-state index is 0.823. The van der Waals surface area contributed by atoms with E-state index in [9.17, 15) is 0 Å². The van der Waals surface area contributed by atoms with Crippen LogP contribution < -0.4 is 0 Å². The molecule has 0 rings (SSSR count). The molecule has 2 heteroatoms. The normalized spacial score (nSPS) is 14.1. The van der Waals surface area contributed by atoms with Gasteiger partial charge in [0.25, 0.3) is 0 Å². The van der Waals surface area contributed by atoms with Crippen molar-refractivity contribution < 1.29 is 0 Å². The summed E-state index contributed by atoms with van der Waals surface area (Å²) in [6.45, 7) is 15.1. The van der Waals surface area contributed by atoms with Crippen molar-refractivity contribution in [3.63, 3.8) is 0 Å². The molecule has 0 saturated heterocycles. The minimum Gasteiger partial charge on any atom is -0.267 e. The van der Waals surface area contributed by atoms with Gasteiger partial charge < -0.3 is 0 Å². The Hall–Kier alpha value is -1.44. The molecule has 76 valence electrons. The molecule has 0 aliphatic carbocycles. The number of allylic oxidation sites excluding steroid dienone is 4. The molecule has 0 aromatic heterocycles. The van der Waals surface area contributed by atoms with Crippen molar-refractivity contribution in [1.82, 2.24) is 0 Å². The van der Waals surface area contributed by atoms with Crippen LogP contribution in [0.25, 0.3) is 0 Å². The molecular weight excluding hydrogens is 172 g/mol. The van der Waals surface area contributed by atoms with Crippen LogP contribution in [-0.2, 0) is 0 Å². The van der Waals surface area contributed by atoms with Crippen LogP contribution in [0.5, 0.6) is 0 Å². The van der Waals surface area contributed by atoms with Gasteiger partial charge in [0.1, 0.15) is 0 Å². The zero-order chi connectivity index (χ0) is 11.1. The number of rotatable bonds is 4. The molecule has 0 heterocycles. The van der Waals surface area contributed by atoms with Gasteiger partial charge in [-0.2, -0.15) is 0 Å². The maximum atomic E-state index is 4.22. The summed E-state index contributed by atoms with van der Waals surface area (Å²) in [7, 11) is 0. The van der Waals surface area contributed by atoms with Gasteiger partial charge in [-0.15, -0.1) is 0 Å². The van der Waals surface area contributed by atoms with Crippen molar-refractivity contribution in [2.24, 2.45) is 9.98 Å². The second kappa shape index (κ2) is 6.08. The molecule has 14 heavy (non-hydrogen) atoms. The van der Waals surface area contributed by atoms with Gasteiger partial charge in [-0.3, -0.25) is 9.98 Å². The van der Waals surface area contributed by atoms with Crippen LogP contribution in [0.3, 0.4) is 0 Å². The first-order valence-corrected chi connectivity index (χ1v) is 4.53. The maximum absolute atomic E-state index is 4.22. The summed E-state index contributed by atoms with van der Waals surface area (Å²) in [6, 6.07) is 0. The fourth-order valence-corrected chi connectivity index (χ4v) is 0.783. The summed E-state index contributed by atoms with van der Waals surface area (Å²) in [5, 5.41) is 0. The quantitative estimate of drug-likeness (QED) is 0.478. The molecule has 0 fully saturated rings. The lowest BCUT2D eigenvalue weighted by atomic mass is 10.1. The van der Waals surface area contributed by atoms with Crippen LogP contribution in [0.15, 0.2) is 45.2 Å². The van der Waals surface area contributed by atoms with E-state index >= 15 is 0 Å². The molecule has 0 amide bonds. The van der Waals surface area contributed by atoms with Crippen molar-refractivity contribution in [2.45, 2.75) is 27.7 Å².